The summed E-state index contributed by atoms with van der Waals surface area (Å²) < 4.78 is 27.6. The quantitative estimate of drug-likeness (QED) is 0.511. The van der Waals surface area contributed by atoms with Crippen molar-refractivity contribution < 1.29 is 13.2 Å². The second-order valence-corrected chi connectivity index (χ2v) is 11.6. The van der Waals surface area contributed by atoms with Crippen molar-refractivity contribution in [3.8, 4) is 0 Å². The van der Waals surface area contributed by atoms with E-state index in [4.69, 9.17) is 0 Å². The molecule has 0 radical (unpaired) electrons. The highest BCUT2D eigenvalue weighted by Crippen LogP contribution is 2.29. The number of sulfonamides is 1. The highest BCUT2D eigenvalue weighted by molar-refractivity contribution is 7.99. The van der Waals surface area contributed by atoms with Gasteiger partial charge in [0.1, 0.15) is 9.77 Å². The maximum Gasteiger partial charge on any atom is 0.262 e. The first-order valence-corrected chi connectivity index (χ1v) is 14.1. The van der Waals surface area contributed by atoms with Gasteiger partial charge in [0.15, 0.2) is 0 Å². The second kappa shape index (κ2) is 10.7. The van der Waals surface area contributed by atoms with Crippen molar-refractivity contribution in [2.24, 2.45) is 0 Å². The van der Waals surface area contributed by atoms with E-state index in [-0.39, 0.29) is 21.6 Å². The normalized spacial score (nSPS) is 15.0. The van der Waals surface area contributed by atoms with E-state index < -0.39 is 10.0 Å². The summed E-state index contributed by atoms with van der Waals surface area (Å²) in [7, 11) is -3.65. The van der Waals surface area contributed by atoms with Gasteiger partial charge in [0.05, 0.1) is 0 Å². The van der Waals surface area contributed by atoms with Gasteiger partial charge in [0, 0.05) is 37.1 Å². The van der Waals surface area contributed by atoms with Crippen LogP contribution in [0.3, 0.4) is 0 Å². The number of hydrogen-bond donors (Lipinski definition) is 1. The number of hydrogen-bond acceptors (Lipinski definition) is 5. The molecule has 1 fully saturated rings. The van der Waals surface area contributed by atoms with Crippen LogP contribution in [0, 0.1) is 0 Å². The molecule has 0 bridgehead atoms. The summed E-state index contributed by atoms with van der Waals surface area (Å²) in [5.41, 5.74) is 2.38. The van der Waals surface area contributed by atoms with Crippen molar-refractivity contribution in [3.05, 3.63) is 88.1 Å². The number of benzene rings is 2. The van der Waals surface area contributed by atoms with Gasteiger partial charge in [-0.2, -0.15) is 16.1 Å². The number of carbonyl (C=O) groups excluding carboxylic acids is 1. The standard InChI is InChI=1S/C24H26N2O3S3/c27-24(23-22(12-16-31-23)32(28,29)26-14-17-30-18-15-26)25-13-11-21(19-7-3-1-4-8-19)20-9-5-2-6-10-20/h1-10,12,16,21H,11,13-15,17-18H2,(H,25,27). The van der Waals surface area contributed by atoms with Gasteiger partial charge in [-0.05, 0) is 29.0 Å². The highest BCUT2D eigenvalue weighted by atomic mass is 32.2. The first-order chi connectivity index (χ1) is 15.6. The molecule has 0 spiro atoms. The molecule has 0 aliphatic carbocycles. The van der Waals surface area contributed by atoms with Crippen LogP contribution in [0.5, 0.6) is 0 Å². The number of thioether (sulfide) groups is 1. The highest BCUT2D eigenvalue weighted by Gasteiger charge is 2.31. The van der Waals surface area contributed by atoms with Crippen LogP contribution in [0.25, 0.3) is 0 Å². The molecule has 1 aliphatic rings. The van der Waals surface area contributed by atoms with E-state index in [1.807, 2.05) is 36.4 Å². The number of rotatable bonds is 8. The van der Waals surface area contributed by atoms with Crippen LogP contribution in [0.1, 0.15) is 33.1 Å². The Balaban J connectivity index is 1.45. The zero-order chi connectivity index (χ0) is 22.4. The molecule has 8 heteroatoms. The molecule has 1 aromatic heterocycles. The summed E-state index contributed by atoms with van der Waals surface area (Å²) in [5, 5.41) is 4.63. The molecular formula is C24H26N2O3S3. The Kier molecular flexibility index (Phi) is 7.67. The first-order valence-electron chi connectivity index (χ1n) is 10.6. The fourth-order valence-electron chi connectivity index (χ4n) is 3.90. The number of amides is 1. The van der Waals surface area contributed by atoms with Crippen LogP contribution in [0.2, 0.25) is 0 Å². The molecule has 2 aromatic carbocycles. The summed E-state index contributed by atoms with van der Waals surface area (Å²) >= 11 is 2.93. The molecule has 0 unspecified atom stereocenters. The van der Waals surface area contributed by atoms with Crippen molar-refractivity contribution in [3.63, 3.8) is 0 Å². The van der Waals surface area contributed by atoms with Crippen molar-refractivity contribution in [1.82, 2.24) is 9.62 Å². The number of nitrogens with one attached hydrogen (secondary N) is 1. The summed E-state index contributed by atoms with van der Waals surface area (Å²) in [4.78, 5) is 13.3. The van der Waals surface area contributed by atoms with Crippen LogP contribution in [0.15, 0.2) is 77.0 Å². The van der Waals surface area contributed by atoms with E-state index in [2.05, 4.69) is 29.6 Å². The van der Waals surface area contributed by atoms with E-state index in [0.29, 0.717) is 19.6 Å². The topological polar surface area (TPSA) is 66.5 Å². The number of thiophene rings is 1. The lowest BCUT2D eigenvalue weighted by Gasteiger charge is -2.25. The molecule has 4 rings (SSSR count). The molecule has 0 atom stereocenters. The van der Waals surface area contributed by atoms with Crippen LogP contribution in [0.4, 0.5) is 0 Å². The lowest BCUT2D eigenvalue weighted by Crippen LogP contribution is -2.38. The van der Waals surface area contributed by atoms with E-state index in [1.54, 1.807) is 23.2 Å². The van der Waals surface area contributed by atoms with Gasteiger partial charge in [0.2, 0.25) is 10.0 Å². The maximum atomic E-state index is 13.1. The minimum atomic E-state index is -3.65. The predicted octanol–water partition coefficient (Wildman–Crippen LogP) is 4.44. The maximum absolute atomic E-state index is 13.1. The number of carbonyl (C=O) groups is 1. The molecule has 168 valence electrons. The van der Waals surface area contributed by atoms with E-state index in [1.165, 1.54) is 26.8 Å². The Bertz CT molecular complexity index is 1090. The van der Waals surface area contributed by atoms with Gasteiger partial charge in [-0.3, -0.25) is 4.79 Å². The van der Waals surface area contributed by atoms with Gasteiger partial charge in [0.25, 0.3) is 5.91 Å². The third kappa shape index (κ3) is 5.26. The largest absolute Gasteiger partial charge is 0.351 e. The molecule has 5 nitrogen and oxygen atoms in total. The Morgan fingerprint density at radius 1 is 0.938 bits per heavy atom. The summed E-state index contributed by atoms with van der Waals surface area (Å²) in [5.74, 6) is 1.39. The van der Waals surface area contributed by atoms with Crippen molar-refractivity contribution in [1.29, 1.82) is 0 Å². The molecule has 1 N–H and O–H groups in total. The number of nitrogens with zero attached hydrogens (tertiary/aromatic N) is 1. The summed E-state index contributed by atoms with van der Waals surface area (Å²) in [6, 6.07) is 22.0. The van der Waals surface area contributed by atoms with Crippen LogP contribution < -0.4 is 5.32 Å². The van der Waals surface area contributed by atoms with Crippen LogP contribution >= 0.6 is 23.1 Å². The zero-order valence-electron chi connectivity index (χ0n) is 17.6. The molecule has 1 aliphatic heterocycles. The minimum absolute atomic E-state index is 0.120. The first kappa shape index (κ1) is 23.0. The Morgan fingerprint density at radius 3 is 2.12 bits per heavy atom. The van der Waals surface area contributed by atoms with E-state index in [9.17, 15) is 13.2 Å². The average molecular weight is 487 g/mol. The smallest absolute Gasteiger partial charge is 0.262 e. The molecule has 2 heterocycles. The van der Waals surface area contributed by atoms with Gasteiger partial charge >= 0.3 is 0 Å². The summed E-state index contributed by atoms with van der Waals surface area (Å²) in [6.07, 6.45) is 0.719. The van der Waals surface area contributed by atoms with Crippen LogP contribution in [-0.4, -0.2) is 49.8 Å². The zero-order valence-corrected chi connectivity index (χ0v) is 20.1. The molecule has 1 amide bonds. The molecule has 0 saturated carbocycles. The summed E-state index contributed by atoms with van der Waals surface area (Å²) in [6.45, 7) is 1.42. The monoisotopic (exact) mass is 486 g/mol. The van der Waals surface area contributed by atoms with Gasteiger partial charge in [-0.25, -0.2) is 8.42 Å². The Morgan fingerprint density at radius 2 is 1.53 bits per heavy atom. The third-order valence-corrected chi connectivity index (χ3v) is 9.47. The average Bonchev–Trinajstić information content (AvgIpc) is 3.35. The second-order valence-electron chi connectivity index (χ2n) is 7.55. The molecule has 32 heavy (non-hydrogen) atoms. The fourth-order valence-corrected chi connectivity index (χ4v) is 7.79. The van der Waals surface area contributed by atoms with Crippen molar-refractivity contribution >= 4 is 39.0 Å². The van der Waals surface area contributed by atoms with Gasteiger partial charge in [-0.1, -0.05) is 60.7 Å². The fraction of sp³-hybridized carbons (Fsp3) is 0.292. The Hall–Kier alpha value is -2.13. The molecule has 3 aromatic rings. The SMILES string of the molecule is O=C(NCCC(c1ccccc1)c1ccccc1)c1sccc1S(=O)(=O)N1CCSCC1. The predicted molar refractivity (Wildman–Crippen MR) is 132 cm³/mol. The van der Waals surface area contributed by atoms with Crippen molar-refractivity contribution in [2.75, 3.05) is 31.1 Å². The van der Waals surface area contributed by atoms with Crippen LogP contribution in [-0.2, 0) is 10.0 Å². The van der Waals surface area contributed by atoms with E-state index in [0.717, 1.165) is 17.9 Å². The van der Waals surface area contributed by atoms with E-state index >= 15 is 0 Å². The molecular weight excluding hydrogens is 460 g/mol. The molecule has 1 saturated heterocycles. The minimum Gasteiger partial charge on any atom is -0.351 e. The lowest BCUT2D eigenvalue weighted by atomic mass is 9.88. The lowest BCUT2D eigenvalue weighted by molar-refractivity contribution is 0.0953. The third-order valence-electron chi connectivity index (χ3n) is 5.55. The van der Waals surface area contributed by atoms with Gasteiger partial charge < -0.3 is 5.32 Å². The van der Waals surface area contributed by atoms with Crippen molar-refractivity contribution in [2.45, 2.75) is 17.2 Å². The Labute approximate surface area is 197 Å². The van der Waals surface area contributed by atoms with Gasteiger partial charge in [-0.15, -0.1) is 11.3 Å².